The van der Waals surface area contributed by atoms with E-state index < -0.39 is 0 Å². The van der Waals surface area contributed by atoms with Crippen LogP contribution in [0.25, 0.3) is 11.1 Å². The average molecular weight is 305 g/mol. The Hall–Kier alpha value is -2.94. The third-order valence-corrected chi connectivity index (χ3v) is 4.54. The molecule has 6 heteroatoms. The lowest BCUT2D eigenvalue weighted by Crippen LogP contribution is -2.35. The molecule has 2 aromatic rings. The van der Waals surface area contributed by atoms with Crippen molar-refractivity contribution in [1.82, 2.24) is 9.97 Å². The standard InChI is InChI=1S/C17H15N5O/c18-7-15-20-8-12(9-21-15)13-3-1-2-11-4-5-17(6-14(11)13)10-23-16(19)22-17/h1-3,8-9H,4-6,10H2,(H2,19,22). The summed E-state index contributed by atoms with van der Waals surface area (Å²) in [5, 5.41) is 8.84. The lowest BCUT2D eigenvalue weighted by Gasteiger charge is -2.31. The van der Waals surface area contributed by atoms with Crippen LogP contribution in [0, 0.1) is 11.3 Å². The summed E-state index contributed by atoms with van der Waals surface area (Å²) in [5.74, 6) is 0.177. The molecule has 0 saturated heterocycles. The summed E-state index contributed by atoms with van der Waals surface area (Å²) >= 11 is 0. The second-order valence-corrected chi connectivity index (χ2v) is 5.99. The smallest absolute Gasteiger partial charge is 0.282 e. The zero-order valence-corrected chi connectivity index (χ0v) is 12.5. The normalized spacial score (nSPS) is 22.1. The van der Waals surface area contributed by atoms with Crippen LogP contribution in [0.15, 0.2) is 35.6 Å². The Morgan fingerprint density at radius 1 is 1.26 bits per heavy atom. The summed E-state index contributed by atoms with van der Waals surface area (Å²) < 4.78 is 5.40. The fourth-order valence-corrected chi connectivity index (χ4v) is 3.38. The first-order valence-corrected chi connectivity index (χ1v) is 7.51. The highest BCUT2D eigenvalue weighted by molar-refractivity contribution is 5.74. The molecule has 2 N–H and O–H groups in total. The van der Waals surface area contributed by atoms with Gasteiger partial charge in [-0.1, -0.05) is 18.2 Å². The maximum Gasteiger partial charge on any atom is 0.282 e. The molecule has 1 aromatic carbocycles. The van der Waals surface area contributed by atoms with Gasteiger partial charge in [0.25, 0.3) is 6.02 Å². The number of aromatic nitrogens is 2. The van der Waals surface area contributed by atoms with Crippen molar-refractivity contribution in [3.8, 4) is 17.2 Å². The van der Waals surface area contributed by atoms with Gasteiger partial charge < -0.3 is 10.5 Å². The van der Waals surface area contributed by atoms with Crippen LogP contribution >= 0.6 is 0 Å². The van der Waals surface area contributed by atoms with Gasteiger partial charge in [-0.15, -0.1) is 0 Å². The second-order valence-electron chi connectivity index (χ2n) is 5.99. The molecule has 1 aromatic heterocycles. The summed E-state index contributed by atoms with van der Waals surface area (Å²) in [6.07, 6.45) is 6.07. The molecule has 6 nitrogen and oxygen atoms in total. The van der Waals surface area contributed by atoms with Crippen molar-refractivity contribution >= 4 is 6.02 Å². The molecule has 0 saturated carbocycles. The summed E-state index contributed by atoms with van der Waals surface area (Å²) in [7, 11) is 0. The molecular weight excluding hydrogens is 290 g/mol. The molecule has 1 atom stereocenters. The van der Waals surface area contributed by atoms with Crippen LogP contribution in [0.4, 0.5) is 0 Å². The zero-order valence-electron chi connectivity index (χ0n) is 12.5. The van der Waals surface area contributed by atoms with Gasteiger partial charge in [-0.2, -0.15) is 5.26 Å². The number of ether oxygens (including phenoxy) is 1. The molecule has 0 amide bonds. The highest BCUT2D eigenvalue weighted by atomic mass is 16.5. The Labute approximate surface area is 133 Å². The summed E-state index contributed by atoms with van der Waals surface area (Å²) in [6, 6.07) is 8.49. The molecule has 0 bridgehead atoms. The van der Waals surface area contributed by atoms with E-state index in [0.29, 0.717) is 6.61 Å². The topological polar surface area (TPSA) is 97.2 Å². The molecule has 23 heavy (non-hydrogen) atoms. The van der Waals surface area contributed by atoms with E-state index in [4.69, 9.17) is 15.7 Å². The van der Waals surface area contributed by atoms with Crippen LogP contribution in [-0.4, -0.2) is 28.1 Å². The zero-order chi connectivity index (χ0) is 15.9. The number of benzene rings is 1. The number of hydrogen-bond donors (Lipinski definition) is 1. The molecule has 114 valence electrons. The van der Waals surface area contributed by atoms with Crippen molar-refractivity contribution in [1.29, 1.82) is 5.26 Å². The van der Waals surface area contributed by atoms with Crippen molar-refractivity contribution < 1.29 is 4.74 Å². The van der Waals surface area contributed by atoms with Crippen molar-refractivity contribution in [3.05, 3.63) is 47.5 Å². The molecule has 2 aliphatic rings. The molecule has 4 rings (SSSR count). The number of aliphatic imine (C=N–C) groups is 1. The number of rotatable bonds is 1. The van der Waals surface area contributed by atoms with Gasteiger partial charge in [0.05, 0.1) is 0 Å². The van der Waals surface area contributed by atoms with Gasteiger partial charge in [-0.05, 0) is 29.5 Å². The highest BCUT2D eigenvalue weighted by Gasteiger charge is 2.40. The minimum Gasteiger partial charge on any atom is -0.463 e. The monoisotopic (exact) mass is 305 g/mol. The van der Waals surface area contributed by atoms with Crippen molar-refractivity contribution in [2.24, 2.45) is 10.7 Å². The Balaban J connectivity index is 1.77. The van der Waals surface area contributed by atoms with Crippen LogP contribution < -0.4 is 5.73 Å². The van der Waals surface area contributed by atoms with E-state index in [2.05, 4.69) is 27.1 Å². The van der Waals surface area contributed by atoms with Gasteiger partial charge in [0.15, 0.2) is 0 Å². The quantitative estimate of drug-likeness (QED) is 0.862. The third kappa shape index (κ3) is 2.30. The van der Waals surface area contributed by atoms with Crippen molar-refractivity contribution in [3.63, 3.8) is 0 Å². The minimum atomic E-state index is -0.249. The van der Waals surface area contributed by atoms with E-state index >= 15 is 0 Å². The largest absolute Gasteiger partial charge is 0.463 e. The number of hydrogen-bond acceptors (Lipinski definition) is 6. The van der Waals surface area contributed by atoms with Crippen LogP contribution in [0.2, 0.25) is 0 Å². The van der Waals surface area contributed by atoms with E-state index in [1.54, 1.807) is 12.4 Å². The molecule has 1 aliphatic heterocycles. The number of amidine groups is 1. The maximum absolute atomic E-state index is 8.84. The fraction of sp³-hybridized carbons (Fsp3) is 0.294. The lowest BCUT2D eigenvalue weighted by molar-refractivity contribution is 0.235. The Bertz CT molecular complexity index is 837. The highest BCUT2D eigenvalue weighted by Crippen LogP contribution is 2.38. The Kier molecular flexibility index (Phi) is 3.01. The second kappa shape index (κ2) is 5.06. The van der Waals surface area contributed by atoms with Crippen LogP contribution in [0.1, 0.15) is 23.4 Å². The van der Waals surface area contributed by atoms with Crippen LogP contribution in [0.3, 0.4) is 0 Å². The molecule has 2 heterocycles. The van der Waals surface area contributed by atoms with Crippen molar-refractivity contribution in [2.45, 2.75) is 24.8 Å². The molecular formula is C17H15N5O. The van der Waals surface area contributed by atoms with Crippen LogP contribution in [-0.2, 0) is 17.6 Å². The first-order chi connectivity index (χ1) is 11.2. The number of aryl methyl sites for hydroxylation is 1. The first-order valence-electron chi connectivity index (χ1n) is 7.51. The molecule has 0 radical (unpaired) electrons. The lowest BCUT2D eigenvalue weighted by atomic mass is 9.76. The molecule has 0 fully saturated rings. The summed E-state index contributed by atoms with van der Waals surface area (Å²) in [5.41, 5.74) is 10.0. The van der Waals surface area contributed by atoms with Gasteiger partial charge in [0, 0.05) is 24.4 Å². The van der Waals surface area contributed by atoms with Gasteiger partial charge in [-0.3, -0.25) is 0 Å². The molecule has 1 aliphatic carbocycles. The van der Waals surface area contributed by atoms with Gasteiger partial charge in [0.2, 0.25) is 5.82 Å². The van der Waals surface area contributed by atoms with Crippen molar-refractivity contribution in [2.75, 3.05) is 6.61 Å². The number of nitrogens with two attached hydrogens (primary N) is 1. The predicted octanol–water partition coefficient (Wildman–Crippen LogP) is 1.59. The number of fused-ring (bicyclic) bond motifs is 1. The maximum atomic E-state index is 8.84. The summed E-state index contributed by atoms with van der Waals surface area (Å²) in [4.78, 5) is 12.7. The third-order valence-electron chi connectivity index (χ3n) is 4.54. The predicted molar refractivity (Wildman–Crippen MR) is 84.5 cm³/mol. The van der Waals surface area contributed by atoms with E-state index in [-0.39, 0.29) is 17.4 Å². The Morgan fingerprint density at radius 2 is 2.09 bits per heavy atom. The first kappa shape index (κ1) is 13.7. The number of nitriles is 1. The molecule has 1 spiro atoms. The fourth-order valence-electron chi connectivity index (χ4n) is 3.38. The minimum absolute atomic E-state index is 0.177. The average Bonchev–Trinajstić information content (AvgIpc) is 2.95. The SMILES string of the molecule is N#Cc1ncc(-c2cccc3c2CC2(CC3)COC(N)=N2)cn1. The summed E-state index contributed by atoms with van der Waals surface area (Å²) in [6.45, 7) is 0.538. The van der Waals surface area contributed by atoms with E-state index in [1.807, 2.05) is 12.1 Å². The van der Waals surface area contributed by atoms with Gasteiger partial charge in [-0.25, -0.2) is 15.0 Å². The Morgan fingerprint density at radius 3 is 2.78 bits per heavy atom. The molecule has 1 unspecified atom stereocenters. The van der Waals surface area contributed by atoms with E-state index in [1.165, 1.54) is 11.1 Å². The van der Waals surface area contributed by atoms with E-state index in [9.17, 15) is 0 Å². The van der Waals surface area contributed by atoms with Crippen LogP contribution in [0.5, 0.6) is 0 Å². The van der Waals surface area contributed by atoms with E-state index in [0.717, 1.165) is 30.4 Å². The number of nitrogens with zero attached hydrogens (tertiary/aromatic N) is 4. The van der Waals surface area contributed by atoms with Gasteiger partial charge >= 0.3 is 0 Å². The van der Waals surface area contributed by atoms with Gasteiger partial charge in [0.1, 0.15) is 18.2 Å².